The van der Waals surface area contributed by atoms with Crippen LogP contribution in [0, 0.1) is 0 Å². The van der Waals surface area contributed by atoms with E-state index in [1.807, 2.05) is 0 Å². The summed E-state index contributed by atoms with van der Waals surface area (Å²) in [5, 5.41) is 18.2. The van der Waals surface area contributed by atoms with Gasteiger partial charge in [-0.3, -0.25) is 20.1 Å². The molecule has 4 N–H and O–H groups in total. The molecule has 10 heavy (non-hydrogen) atoms. The molecule has 0 aliphatic carbocycles. The molecule has 6 nitrogen and oxygen atoms in total. The molecule has 0 saturated heterocycles. The van der Waals surface area contributed by atoms with Gasteiger partial charge >= 0.3 is 5.97 Å². The van der Waals surface area contributed by atoms with Gasteiger partial charge in [-0.1, -0.05) is 0 Å². The Hall–Kier alpha value is -1.14. The monoisotopic (exact) mass is 148 g/mol. The number of aliphatic carboxylic acids is 1. The number of amides is 1. The molecule has 0 rings (SSSR count). The van der Waals surface area contributed by atoms with Gasteiger partial charge in [0.15, 0.2) is 0 Å². The van der Waals surface area contributed by atoms with Gasteiger partial charge in [-0.15, -0.1) is 0 Å². The second-order valence-corrected chi connectivity index (χ2v) is 1.53. The molecular formula is C4H8N2O4. The van der Waals surface area contributed by atoms with Gasteiger partial charge in [0.25, 0.3) is 5.91 Å². The van der Waals surface area contributed by atoms with E-state index >= 15 is 0 Å². The standard InChI is InChI=1S/C4H8N2O4/c7-3(6-10)1-5-2-4(8)9/h5,10H,1-2H2,(H,6,7)(H,8,9). The number of carboxylic acids is 1. The first-order valence-corrected chi connectivity index (χ1v) is 2.52. The maximum Gasteiger partial charge on any atom is 0.317 e. The number of hydrogen-bond donors (Lipinski definition) is 4. The Balaban J connectivity index is 3.20. The van der Waals surface area contributed by atoms with Crippen LogP contribution in [0.1, 0.15) is 0 Å². The zero-order valence-electron chi connectivity index (χ0n) is 5.13. The maximum absolute atomic E-state index is 10.2. The molecule has 0 heterocycles. The lowest BCUT2D eigenvalue weighted by Crippen LogP contribution is -2.34. The van der Waals surface area contributed by atoms with Crippen molar-refractivity contribution >= 4 is 11.9 Å². The molecule has 0 aromatic rings. The summed E-state index contributed by atoms with van der Waals surface area (Å²) in [5.74, 6) is -1.72. The Labute approximate surface area is 56.8 Å². The quantitative estimate of drug-likeness (QED) is 0.277. The van der Waals surface area contributed by atoms with E-state index in [4.69, 9.17) is 10.3 Å². The van der Waals surface area contributed by atoms with Crippen molar-refractivity contribution in [2.75, 3.05) is 13.1 Å². The summed E-state index contributed by atoms with van der Waals surface area (Å²) < 4.78 is 0. The van der Waals surface area contributed by atoms with Gasteiger partial charge in [0.05, 0.1) is 13.1 Å². The van der Waals surface area contributed by atoms with Crippen LogP contribution in [0.3, 0.4) is 0 Å². The van der Waals surface area contributed by atoms with Gasteiger partial charge in [0.1, 0.15) is 0 Å². The zero-order valence-corrected chi connectivity index (χ0v) is 5.13. The Morgan fingerprint density at radius 3 is 2.30 bits per heavy atom. The van der Waals surface area contributed by atoms with Crippen LogP contribution >= 0.6 is 0 Å². The zero-order chi connectivity index (χ0) is 7.98. The first-order chi connectivity index (χ1) is 4.66. The van der Waals surface area contributed by atoms with Crippen molar-refractivity contribution in [2.45, 2.75) is 0 Å². The topological polar surface area (TPSA) is 98.7 Å². The van der Waals surface area contributed by atoms with Gasteiger partial charge < -0.3 is 5.11 Å². The van der Waals surface area contributed by atoms with Crippen molar-refractivity contribution in [2.24, 2.45) is 0 Å². The first kappa shape index (κ1) is 8.86. The fourth-order valence-corrected chi connectivity index (χ4v) is 0.322. The third kappa shape index (κ3) is 5.01. The van der Waals surface area contributed by atoms with Gasteiger partial charge in [0, 0.05) is 0 Å². The van der Waals surface area contributed by atoms with E-state index in [-0.39, 0.29) is 13.1 Å². The molecule has 0 unspecified atom stereocenters. The molecular weight excluding hydrogens is 140 g/mol. The van der Waals surface area contributed by atoms with Crippen LogP contribution < -0.4 is 10.8 Å². The predicted octanol–water partition coefficient (Wildman–Crippen LogP) is -1.83. The van der Waals surface area contributed by atoms with Crippen LogP contribution in [0.2, 0.25) is 0 Å². The smallest absolute Gasteiger partial charge is 0.317 e. The number of carbonyl (C=O) groups excluding carboxylic acids is 1. The minimum Gasteiger partial charge on any atom is -0.480 e. The average Bonchev–Trinajstić information content (AvgIpc) is 1.87. The summed E-state index contributed by atoms with van der Waals surface area (Å²) in [6, 6.07) is 0. The molecule has 0 aromatic carbocycles. The largest absolute Gasteiger partial charge is 0.480 e. The molecule has 1 amide bonds. The van der Waals surface area contributed by atoms with Crippen LogP contribution in [0.15, 0.2) is 0 Å². The molecule has 0 fully saturated rings. The van der Waals surface area contributed by atoms with E-state index in [2.05, 4.69) is 5.32 Å². The summed E-state index contributed by atoms with van der Waals surface area (Å²) in [6.45, 7) is -0.504. The fourth-order valence-electron chi connectivity index (χ4n) is 0.322. The molecule has 0 spiro atoms. The van der Waals surface area contributed by atoms with Crippen LogP contribution in [0.25, 0.3) is 0 Å². The molecule has 0 aliphatic heterocycles. The second-order valence-electron chi connectivity index (χ2n) is 1.53. The highest BCUT2D eigenvalue weighted by Gasteiger charge is 1.99. The Bertz CT molecular complexity index is 135. The Kier molecular flexibility index (Phi) is 4.17. The minimum atomic E-state index is -1.05. The van der Waals surface area contributed by atoms with E-state index < -0.39 is 11.9 Å². The van der Waals surface area contributed by atoms with Crippen molar-refractivity contribution in [3.8, 4) is 0 Å². The molecule has 0 aliphatic rings. The Morgan fingerprint density at radius 1 is 1.30 bits per heavy atom. The van der Waals surface area contributed by atoms with Crippen molar-refractivity contribution < 1.29 is 19.9 Å². The molecule has 58 valence electrons. The van der Waals surface area contributed by atoms with Crippen LogP contribution in [-0.2, 0) is 9.59 Å². The highest BCUT2D eigenvalue weighted by Crippen LogP contribution is 1.61. The third-order valence-corrected chi connectivity index (χ3v) is 0.686. The van der Waals surface area contributed by atoms with Gasteiger partial charge in [0.2, 0.25) is 0 Å². The van der Waals surface area contributed by atoms with Crippen molar-refractivity contribution in [1.29, 1.82) is 0 Å². The summed E-state index contributed by atoms with van der Waals surface area (Å²) in [5.41, 5.74) is 1.34. The number of hydrogen-bond acceptors (Lipinski definition) is 4. The van der Waals surface area contributed by atoms with Crippen molar-refractivity contribution in [3.05, 3.63) is 0 Å². The molecule has 6 heteroatoms. The summed E-state index contributed by atoms with van der Waals surface area (Å²) in [7, 11) is 0. The van der Waals surface area contributed by atoms with Gasteiger partial charge in [-0.2, -0.15) is 0 Å². The molecule has 0 atom stereocenters. The molecule has 0 radical (unpaired) electrons. The van der Waals surface area contributed by atoms with Gasteiger partial charge in [-0.05, 0) is 0 Å². The number of nitrogens with one attached hydrogen (secondary N) is 2. The predicted molar refractivity (Wildman–Crippen MR) is 30.4 cm³/mol. The molecule has 0 aromatic heterocycles. The van der Waals surface area contributed by atoms with E-state index in [1.165, 1.54) is 5.48 Å². The number of carbonyl (C=O) groups is 2. The summed E-state index contributed by atoms with van der Waals surface area (Å²) in [4.78, 5) is 20.0. The average molecular weight is 148 g/mol. The SMILES string of the molecule is O=C(O)CNCC(=O)NO. The lowest BCUT2D eigenvalue weighted by atomic mass is 10.5. The van der Waals surface area contributed by atoms with E-state index in [0.29, 0.717) is 0 Å². The van der Waals surface area contributed by atoms with Crippen molar-refractivity contribution in [1.82, 2.24) is 10.8 Å². The lowest BCUT2D eigenvalue weighted by Gasteiger charge is -1.97. The number of hydroxylamine groups is 1. The van der Waals surface area contributed by atoms with Crippen molar-refractivity contribution in [3.63, 3.8) is 0 Å². The number of rotatable bonds is 4. The first-order valence-electron chi connectivity index (χ1n) is 2.52. The molecule has 0 bridgehead atoms. The summed E-state index contributed by atoms with van der Waals surface area (Å²) in [6.07, 6.45) is 0. The normalized spacial score (nSPS) is 8.90. The molecule has 0 saturated carbocycles. The van der Waals surface area contributed by atoms with Gasteiger partial charge in [-0.25, -0.2) is 5.48 Å². The fraction of sp³-hybridized carbons (Fsp3) is 0.500. The highest BCUT2D eigenvalue weighted by atomic mass is 16.5. The summed E-state index contributed by atoms with van der Waals surface area (Å²) >= 11 is 0. The van der Waals surface area contributed by atoms with E-state index in [9.17, 15) is 9.59 Å². The van der Waals surface area contributed by atoms with Crippen LogP contribution in [-0.4, -0.2) is 35.3 Å². The number of carboxylic acid groups (broad SMARTS) is 1. The van der Waals surface area contributed by atoms with Crippen LogP contribution in [0.4, 0.5) is 0 Å². The van der Waals surface area contributed by atoms with E-state index in [0.717, 1.165) is 0 Å². The Morgan fingerprint density at radius 2 is 1.90 bits per heavy atom. The highest BCUT2D eigenvalue weighted by molar-refractivity contribution is 5.77. The van der Waals surface area contributed by atoms with Crippen LogP contribution in [0.5, 0.6) is 0 Å². The van der Waals surface area contributed by atoms with E-state index in [1.54, 1.807) is 0 Å². The lowest BCUT2D eigenvalue weighted by molar-refractivity contribution is -0.136. The second kappa shape index (κ2) is 4.71. The minimum absolute atomic E-state index is 0.206. The third-order valence-electron chi connectivity index (χ3n) is 0.686. The maximum atomic E-state index is 10.2.